The normalized spacial score (nSPS) is 21.2. The molecule has 0 saturated carbocycles. The van der Waals surface area contributed by atoms with E-state index in [4.69, 9.17) is 0 Å². The molecule has 3 N–H and O–H groups in total. The molecule has 0 radical (unpaired) electrons. The lowest BCUT2D eigenvalue weighted by Gasteiger charge is -2.18. The Hall–Kier alpha value is -1.39. The van der Waals surface area contributed by atoms with Gasteiger partial charge in [-0.05, 0) is 37.1 Å². The number of benzene rings is 1. The van der Waals surface area contributed by atoms with Gasteiger partial charge in [0.05, 0.1) is 6.10 Å². The lowest BCUT2D eigenvalue weighted by atomic mass is 10.0. The molecule has 1 saturated heterocycles. The number of carbonyl (C=O) groups excluding carboxylic acids is 1. The second-order valence-corrected chi connectivity index (χ2v) is 4.45. The van der Waals surface area contributed by atoms with Crippen molar-refractivity contribution in [2.75, 3.05) is 11.9 Å². The van der Waals surface area contributed by atoms with Crippen LogP contribution < -0.4 is 10.6 Å². The van der Waals surface area contributed by atoms with Crippen molar-refractivity contribution in [2.24, 2.45) is 0 Å². The van der Waals surface area contributed by atoms with Gasteiger partial charge < -0.3 is 15.7 Å². The number of nitrogens with one attached hydrogen (secondary N) is 2. The molecular weight excluding hydrogens is 216 g/mol. The van der Waals surface area contributed by atoms with Crippen LogP contribution in [0.3, 0.4) is 0 Å². The molecule has 1 aromatic carbocycles. The van der Waals surface area contributed by atoms with Gasteiger partial charge in [-0.1, -0.05) is 12.1 Å². The summed E-state index contributed by atoms with van der Waals surface area (Å²) in [5.74, 6) is -0.0873. The summed E-state index contributed by atoms with van der Waals surface area (Å²) in [6.45, 7) is 2.46. The van der Waals surface area contributed by atoms with Crippen molar-refractivity contribution in [3.63, 3.8) is 0 Å². The molecule has 0 aromatic heterocycles. The van der Waals surface area contributed by atoms with Crippen molar-refractivity contribution in [3.8, 4) is 0 Å². The van der Waals surface area contributed by atoms with Gasteiger partial charge in [0.15, 0.2) is 0 Å². The Labute approximate surface area is 101 Å². The molecule has 17 heavy (non-hydrogen) atoms. The summed E-state index contributed by atoms with van der Waals surface area (Å²) in [5.41, 5.74) is 1.64. The van der Waals surface area contributed by atoms with E-state index in [1.54, 1.807) is 0 Å². The molecule has 1 amide bonds. The maximum atomic E-state index is 10.9. The molecule has 1 aliphatic rings. The first kappa shape index (κ1) is 12.1. The average Bonchev–Trinajstić information content (AvgIpc) is 2.82. The fourth-order valence-electron chi connectivity index (χ4n) is 2.18. The maximum absolute atomic E-state index is 10.9. The quantitative estimate of drug-likeness (QED) is 0.741. The molecule has 4 heteroatoms. The number of hydrogen-bond donors (Lipinski definition) is 3. The van der Waals surface area contributed by atoms with E-state index in [2.05, 4.69) is 10.6 Å². The van der Waals surface area contributed by atoms with Gasteiger partial charge in [-0.3, -0.25) is 4.79 Å². The smallest absolute Gasteiger partial charge is 0.221 e. The molecule has 0 spiro atoms. The summed E-state index contributed by atoms with van der Waals surface area (Å²) in [7, 11) is 0. The minimum absolute atomic E-state index is 0.0873. The summed E-state index contributed by atoms with van der Waals surface area (Å²) in [6, 6.07) is 7.50. The zero-order valence-electron chi connectivity index (χ0n) is 9.94. The Morgan fingerprint density at radius 3 is 2.71 bits per heavy atom. The second-order valence-electron chi connectivity index (χ2n) is 4.45. The van der Waals surface area contributed by atoms with E-state index in [1.165, 1.54) is 6.92 Å². The molecule has 2 rings (SSSR count). The first-order chi connectivity index (χ1) is 8.16. The standard InChI is InChI=1S/C13H18N2O2/c1-9(16)15-11-6-4-10(5-7-11)13(17)12-3-2-8-14-12/h4-7,12-14,17H,2-3,8H2,1H3,(H,15,16). The molecule has 0 bridgehead atoms. The van der Waals surface area contributed by atoms with E-state index >= 15 is 0 Å². The van der Waals surface area contributed by atoms with Crippen LogP contribution in [0.4, 0.5) is 5.69 Å². The highest BCUT2D eigenvalue weighted by molar-refractivity contribution is 5.88. The molecular formula is C13H18N2O2. The second kappa shape index (κ2) is 5.29. The fourth-order valence-corrected chi connectivity index (χ4v) is 2.18. The van der Waals surface area contributed by atoms with Crippen molar-refractivity contribution in [3.05, 3.63) is 29.8 Å². The summed E-state index contributed by atoms with van der Waals surface area (Å²) in [6.07, 6.45) is 1.66. The van der Waals surface area contributed by atoms with Crippen LogP contribution in [0.25, 0.3) is 0 Å². The lowest BCUT2D eigenvalue weighted by Crippen LogP contribution is -2.28. The molecule has 92 valence electrons. The highest BCUT2D eigenvalue weighted by Crippen LogP contribution is 2.23. The van der Waals surface area contributed by atoms with E-state index in [-0.39, 0.29) is 11.9 Å². The topological polar surface area (TPSA) is 61.4 Å². The number of aliphatic hydroxyl groups is 1. The van der Waals surface area contributed by atoms with Gasteiger partial charge in [-0.15, -0.1) is 0 Å². The highest BCUT2D eigenvalue weighted by Gasteiger charge is 2.23. The van der Waals surface area contributed by atoms with Crippen molar-refractivity contribution in [2.45, 2.75) is 31.9 Å². The van der Waals surface area contributed by atoms with Crippen LogP contribution in [0, 0.1) is 0 Å². The average molecular weight is 234 g/mol. The van der Waals surface area contributed by atoms with Crippen LogP contribution in [-0.4, -0.2) is 23.6 Å². The van der Waals surface area contributed by atoms with Crippen LogP contribution in [0.2, 0.25) is 0 Å². The minimum atomic E-state index is -0.469. The van der Waals surface area contributed by atoms with Crippen LogP contribution in [-0.2, 0) is 4.79 Å². The fraction of sp³-hybridized carbons (Fsp3) is 0.462. The predicted octanol–water partition coefficient (Wildman–Crippen LogP) is 1.43. The van der Waals surface area contributed by atoms with Crippen molar-refractivity contribution in [1.29, 1.82) is 0 Å². The summed E-state index contributed by atoms with van der Waals surface area (Å²) < 4.78 is 0. The number of aliphatic hydroxyl groups excluding tert-OH is 1. The molecule has 2 atom stereocenters. The van der Waals surface area contributed by atoms with Gasteiger partial charge in [0.25, 0.3) is 0 Å². The molecule has 1 aromatic rings. The number of hydrogen-bond acceptors (Lipinski definition) is 3. The maximum Gasteiger partial charge on any atom is 0.221 e. The van der Waals surface area contributed by atoms with Crippen molar-refractivity contribution in [1.82, 2.24) is 5.32 Å². The largest absolute Gasteiger partial charge is 0.387 e. The Morgan fingerprint density at radius 2 is 2.18 bits per heavy atom. The van der Waals surface area contributed by atoms with E-state index in [0.29, 0.717) is 0 Å². The molecule has 2 unspecified atom stereocenters. The van der Waals surface area contributed by atoms with Crippen LogP contribution in [0.5, 0.6) is 0 Å². The first-order valence-electron chi connectivity index (χ1n) is 5.96. The SMILES string of the molecule is CC(=O)Nc1ccc(C(O)C2CCCN2)cc1. The van der Waals surface area contributed by atoms with Gasteiger partial charge in [0.1, 0.15) is 0 Å². The van der Waals surface area contributed by atoms with Crippen molar-refractivity contribution >= 4 is 11.6 Å². The number of amides is 1. The minimum Gasteiger partial charge on any atom is -0.387 e. The summed E-state index contributed by atoms with van der Waals surface area (Å²) in [5, 5.41) is 16.1. The summed E-state index contributed by atoms with van der Waals surface area (Å²) >= 11 is 0. The zero-order chi connectivity index (χ0) is 12.3. The monoisotopic (exact) mass is 234 g/mol. The Kier molecular flexibility index (Phi) is 3.76. The van der Waals surface area contributed by atoms with Gasteiger partial charge in [0.2, 0.25) is 5.91 Å². The molecule has 1 fully saturated rings. The first-order valence-corrected chi connectivity index (χ1v) is 5.96. The Balaban J connectivity index is 2.03. The molecule has 0 aliphatic carbocycles. The summed E-state index contributed by atoms with van der Waals surface area (Å²) in [4.78, 5) is 10.9. The van der Waals surface area contributed by atoms with Gasteiger partial charge in [0, 0.05) is 18.7 Å². The third kappa shape index (κ3) is 3.05. The predicted molar refractivity (Wildman–Crippen MR) is 66.7 cm³/mol. The Morgan fingerprint density at radius 1 is 1.47 bits per heavy atom. The third-order valence-electron chi connectivity index (χ3n) is 3.05. The van der Waals surface area contributed by atoms with Crippen LogP contribution in [0.15, 0.2) is 24.3 Å². The number of anilines is 1. The molecule has 1 aliphatic heterocycles. The van der Waals surface area contributed by atoms with E-state index < -0.39 is 6.10 Å². The molecule has 1 heterocycles. The molecule has 4 nitrogen and oxygen atoms in total. The Bertz CT molecular complexity index is 383. The third-order valence-corrected chi connectivity index (χ3v) is 3.05. The van der Waals surface area contributed by atoms with E-state index in [9.17, 15) is 9.90 Å². The van der Waals surface area contributed by atoms with Gasteiger partial charge >= 0.3 is 0 Å². The van der Waals surface area contributed by atoms with E-state index in [1.807, 2.05) is 24.3 Å². The van der Waals surface area contributed by atoms with Gasteiger partial charge in [-0.25, -0.2) is 0 Å². The number of carbonyl (C=O) groups is 1. The lowest BCUT2D eigenvalue weighted by molar-refractivity contribution is -0.114. The van der Waals surface area contributed by atoms with Crippen molar-refractivity contribution < 1.29 is 9.90 Å². The highest BCUT2D eigenvalue weighted by atomic mass is 16.3. The van der Waals surface area contributed by atoms with E-state index in [0.717, 1.165) is 30.6 Å². The van der Waals surface area contributed by atoms with Crippen LogP contribution in [0.1, 0.15) is 31.4 Å². The van der Waals surface area contributed by atoms with Gasteiger partial charge in [-0.2, -0.15) is 0 Å². The number of rotatable bonds is 3. The zero-order valence-corrected chi connectivity index (χ0v) is 9.94. The van der Waals surface area contributed by atoms with Crippen LogP contribution >= 0.6 is 0 Å².